The Balaban J connectivity index is 0.983. The highest BCUT2D eigenvalue weighted by atomic mass is 19.4. The van der Waals surface area contributed by atoms with Crippen LogP contribution in [0.3, 0.4) is 0 Å². The van der Waals surface area contributed by atoms with Crippen molar-refractivity contribution in [3.05, 3.63) is 101 Å². The van der Waals surface area contributed by atoms with Crippen molar-refractivity contribution in [1.82, 2.24) is 35.2 Å². The van der Waals surface area contributed by atoms with E-state index in [0.717, 1.165) is 83.8 Å². The molecule has 3 N–H and O–H groups in total. The first-order valence-electron chi connectivity index (χ1n) is 24.1. The number of aliphatic hydroxyl groups excluding tert-OH is 1. The number of likely N-dealkylation sites (tertiary alicyclic amines) is 1. The van der Waals surface area contributed by atoms with Crippen molar-refractivity contribution in [1.29, 1.82) is 0 Å². The lowest BCUT2D eigenvalue weighted by Crippen LogP contribution is -2.60. The highest BCUT2D eigenvalue weighted by Gasteiger charge is 2.55. The number of rotatable bonds is 17. The van der Waals surface area contributed by atoms with Gasteiger partial charge in [0.1, 0.15) is 29.1 Å². The monoisotopic (exact) mass is 1030 g/mol. The minimum atomic E-state index is -4.95. The Kier molecular flexibility index (Phi) is 16.8. The van der Waals surface area contributed by atoms with Crippen LogP contribution in [0.1, 0.15) is 82.7 Å². The molecule has 2 aromatic carbocycles. The molecule has 5 heterocycles. The fourth-order valence-corrected chi connectivity index (χ4v) is 9.52. The van der Waals surface area contributed by atoms with Crippen molar-refractivity contribution in [2.45, 2.75) is 109 Å². The Morgan fingerprint density at radius 3 is 2.07 bits per heavy atom. The molecule has 0 radical (unpaired) electrons. The zero-order valence-corrected chi connectivity index (χ0v) is 41.5. The van der Waals surface area contributed by atoms with E-state index in [-0.39, 0.29) is 30.2 Å². The Morgan fingerprint density at radius 2 is 1.51 bits per heavy atom. The number of aromatic nitrogens is 3. The molecule has 2 aromatic heterocycles. The maximum atomic E-state index is 15.2. The van der Waals surface area contributed by atoms with E-state index >= 15 is 8.78 Å². The van der Waals surface area contributed by atoms with Crippen LogP contribution in [0.25, 0.3) is 11.1 Å². The van der Waals surface area contributed by atoms with Gasteiger partial charge in [0.2, 0.25) is 0 Å². The SMILES string of the molecule is COC(=O)N[C@H](C(=O)C[C@@H](Cc1ccc(C#Cc2ccc(N3CC4CCC(C3)N4CC3CN(C(=O)OC(C)(C)C)C3)nc2)cc1)[C@@H](O)CNCc1c(F)cc(-c2cnn(C(F)F)c2)cc1F)C(C)(C)C(F)(F)F. The van der Waals surface area contributed by atoms with Gasteiger partial charge in [-0.2, -0.15) is 27.1 Å². The summed E-state index contributed by atoms with van der Waals surface area (Å²) >= 11 is 0. The van der Waals surface area contributed by atoms with Gasteiger partial charge in [0, 0.05) is 105 Å². The number of fused-ring (bicyclic) bond motifs is 2. The number of ether oxygens (including phenoxy) is 2. The lowest BCUT2D eigenvalue weighted by molar-refractivity contribution is -0.220. The van der Waals surface area contributed by atoms with Crippen molar-refractivity contribution in [2.75, 3.05) is 51.3 Å². The van der Waals surface area contributed by atoms with E-state index in [1.165, 1.54) is 0 Å². The number of alkyl halides is 5. The molecule has 3 saturated heterocycles. The average Bonchev–Trinajstić information content (AvgIpc) is 3.90. The molecule has 3 fully saturated rings. The van der Waals surface area contributed by atoms with Crippen molar-refractivity contribution in [2.24, 2.45) is 17.3 Å². The molecular formula is C52H61F7N8O6. The second kappa shape index (κ2) is 22.5. The van der Waals surface area contributed by atoms with Gasteiger partial charge in [-0.3, -0.25) is 9.69 Å². The largest absolute Gasteiger partial charge is 0.453 e. The molecule has 2 bridgehead atoms. The molecule has 394 valence electrons. The molecule has 3 aliphatic heterocycles. The van der Waals surface area contributed by atoms with Crippen molar-refractivity contribution < 1.29 is 59.7 Å². The van der Waals surface area contributed by atoms with Crippen LogP contribution in [-0.2, 0) is 27.2 Å². The predicted molar refractivity (Wildman–Crippen MR) is 256 cm³/mol. The molecule has 2 amide bonds. The minimum absolute atomic E-state index is 0.0435. The number of hydrogen-bond acceptors (Lipinski definition) is 11. The number of ketones is 1. The first-order valence-corrected chi connectivity index (χ1v) is 24.1. The molecule has 4 aromatic rings. The smallest absolute Gasteiger partial charge is 0.410 e. The summed E-state index contributed by atoms with van der Waals surface area (Å²) in [7, 11) is 0.936. The number of halogens is 7. The molecule has 0 saturated carbocycles. The van der Waals surface area contributed by atoms with Gasteiger partial charge < -0.3 is 35.0 Å². The zero-order chi connectivity index (χ0) is 53.0. The molecular weight excluding hydrogens is 966 g/mol. The molecule has 14 nitrogen and oxygen atoms in total. The van der Waals surface area contributed by atoms with E-state index in [0.29, 0.717) is 52.5 Å². The summed E-state index contributed by atoms with van der Waals surface area (Å²) in [6.45, 7) is 7.36. The van der Waals surface area contributed by atoms with Crippen LogP contribution in [0.15, 0.2) is 67.1 Å². The number of carbonyl (C=O) groups excluding carboxylic acids is 3. The number of nitrogens with zero attached hydrogens (tertiary/aromatic N) is 6. The topological polar surface area (TPSA) is 154 Å². The second-order valence-corrected chi connectivity index (χ2v) is 20.6. The molecule has 73 heavy (non-hydrogen) atoms. The molecule has 21 heteroatoms. The summed E-state index contributed by atoms with van der Waals surface area (Å²) in [5, 5.41) is 19.7. The number of piperazine rings is 1. The van der Waals surface area contributed by atoms with E-state index in [1.54, 1.807) is 35.4 Å². The van der Waals surface area contributed by atoms with Gasteiger partial charge in [-0.15, -0.1) is 0 Å². The van der Waals surface area contributed by atoms with Gasteiger partial charge in [0.25, 0.3) is 0 Å². The number of benzene rings is 2. The number of carbonyl (C=O) groups is 3. The molecule has 5 atom stereocenters. The Bertz CT molecular complexity index is 2610. The lowest BCUT2D eigenvalue weighted by atomic mass is 9.77. The fraction of sp³-hybridized carbons (Fsp3) is 0.519. The highest BCUT2D eigenvalue weighted by Crippen LogP contribution is 2.42. The molecule has 2 unspecified atom stereocenters. The summed E-state index contributed by atoms with van der Waals surface area (Å²) in [5.41, 5.74) is -1.86. The molecule has 0 spiro atoms. The van der Waals surface area contributed by atoms with Gasteiger partial charge in [0.15, 0.2) is 5.78 Å². The Hall–Kier alpha value is -6.24. The van der Waals surface area contributed by atoms with Crippen LogP contribution in [-0.4, -0.2) is 130 Å². The lowest BCUT2D eigenvalue weighted by Gasteiger charge is -2.46. The van der Waals surface area contributed by atoms with E-state index < -0.39 is 83.8 Å². The number of aliphatic hydroxyl groups is 1. The second-order valence-electron chi connectivity index (χ2n) is 20.6. The first kappa shape index (κ1) is 54.5. The predicted octanol–water partition coefficient (Wildman–Crippen LogP) is 8.12. The summed E-state index contributed by atoms with van der Waals surface area (Å²) in [4.78, 5) is 49.9. The van der Waals surface area contributed by atoms with Crippen LogP contribution >= 0.6 is 0 Å². The van der Waals surface area contributed by atoms with Crippen LogP contribution in [0.2, 0.25) is 0 Å². The number of hydrogen-bond donors (Lipinski definition) is 3. The number of amides is 2. The number of nitrogens with one attached hydrogen (secondary N) is 2. The van der Waals surface area contributed by atoms with Crippen LogP contribution in [0.5, 0.6) is 0 Å². The summed E-state index contributed by atoms with van der Waals surface area (Å²) in [6.07, 6.45) is -2.76. The summed E-state index contributed by atoms with van der Waals surface area (Å²) in [6, 6.07) is 11.2. The van der Waals surface area contributed by atoms with E-state index in [4.69, 9.17) is 9.72 Å². The third-order valence-electron chi connectivity index (χ3n) is 13.7. The van der Waals surface area contributed by atoms with Crippen LogP contribution < -0.4 is 15.5 Å². The Labute approximate surface area is 419 Å². The number of pyridine rings is 1. The number of Topliss-reactive ketones (excluding diaryl/α,β-unsaturated/α-hetero) is 1. The van der Waals surface area contributed by atoms with Gasteiger partial charge >= 0.3 is 24.9 Å². The number of alkyl carbamates (subject to hydrolysis) is 1. The van der Waals surface area contributed by atoms with Crippen molar-refractivity contribution >= 4 is 23.8 Å². The van der Waals surface area contributed by atoms with Crippen molar-refractivity contribution in [3.63, 3.8) is 0 Å². The molecule has 7 rings (SSSR count). The van der Waals surface area contributed by atoms with Gasteiger partial charge in [0.05, 0.1) is 24.8 Å². The summed E-state index contributed by atoms with van der Waals surface area (Å²) in [5.74, 6) is 3.33. The number of anilines is 1. The van der Waals surface area contributed by atoms with E-state index in [2.05, 4.69) is 36.8 Å². The third kappa shape index (κ3) is 13.5. The average molecular weight is 1030 g/mol. The standard InChI is InChI=1S/C52H61F7N8O6/c1-50(2,3)73-49(71)65-25-34(26-65)27-66-38-14-15-39(66)30-64(29-38)45-16-13-33(21-61-45)12-9-31-7-10-32(11-8-31)17-36(20-43(68)46(63-48(70)72-6)51(4,5)52(57,58)59)44(69)24-60-23-40-41(53)18-35(19-42(40)54)37-22-62-67(28-37)47(55)56/h7-8,10-11,13,16,18-19,21-22,28,34,36,38-39,44,46-47,60,69H,14-15,17,20,23-27,29-30H2,1-6H3,(H,63,70)/t36-,38?,39?,44+,46-/m1/s1. The van der Waals surface area contributed by atoms with E-state index in [1.807, 2.05) is 38.2 Å². The number of methoxy groups -OCH3 is 1. The maximum absolute atomic E-state index is 15.2. The maximum Gasteiger partial charge on any atom is 0.410 e. The van der Waals surface area contributed by atoms with Gasteiger partial charge in [-0.1, -0.05) is 24.0 Å². The zero-order valence-electron chi connectivity index (χ0n) is 41.5. The summed E-state index contributed by atoms with van der Waals surface area (Å²) < 4.78 is 110. The van der Waals surface area contributed by atoms with Gasteiger partial charge in [-0.25, -0.2) is 28.0 Å². The first-order chi connectivity index (χ1) is 34.4. The Morgan fingerprint density at radius 1 is 0.877 bits per heavy atom. The minimum Gasteiger partial charge on any atom is -0.453 e. The van der Waals surface area contributed by atoms with Crippen LogP contribution in [0.4, 0.5) is 46.1 Å². The van der Waals surface area contributed by atoms with Gasteiger partial charge in [-0.05, 0) is 107 Å². The molecule has 3 aliphatic rings. The highest BCUT2D eigenvalue weighted by molar-refractivity contribution is 5.88. The van der Waals surface area contributed by atoms with Crippen LogP contribution in [0, 0.1) is 40.7 Å². The third-order valence-corrected chi connectivity index (χ3v) is 13.7. The molecule has 0 aliphatic carbocycles. The van der Waals surface area contributed by atoms with Crippen molar-refractivity contribution in [3.8, 4) is 23.0 Å². The normalized spacial score (nSPS) is 18.7. The quantitative estimate of drug-likeness (QED) is 0.0695. The van der Waals surface area contributed by atoms with E-state index in [9.17, 15) is 41.4 Å². The fourth-order valence-electron chi connectivity index (χ4n) is 9.52.